The number of carbonyl (C=O) groups is 10. The van der Waals surface area contributed by atoms with Gasteiger partial charge in [-0.3, -0.25) is 47.9 Å². The molecule has 480 valence electrons. The first-order valence-corrected chi connectivity index (χ1v) is 30.8. The van der Waals surface area contributed by atoms with E-state index in [4.69, 9.17) is 22.9 Å². The Morgan fingerprint density at radius 2 is 0.547 bits per heavy atom. The van der Waals surface area contributed by atoms with Crippen molar-refractivity contribution in [3.63, 3.8) is 0 Å². The number of rotatable bonds is 24. The molecule has 1 heterocycles. The molecule has 0 saturated carbocycles. The van der Waals surface area contributed by atoms with Crippen molar-refractivity contribution in [2.24, 2.45) is 46.6 Å². The second-order valence-electron chi connectivity index (χ2n) is 24.0. The molecule has 0 spiro atoms. The molecule has 2 aromatic carbocycles. The minimum Gasteiger partial charge on any atom is -0.343 e. The van der Waals surface area contributed by atoms with Gasteiger partial charge in [-0.05, 0) is 138 Å². The average Bonchev–Trinajstić information content (AvgIpc) is 2.81. The number of carbonyl (C=O) groups excluding carboxylic acids is 10. The van der Waals surface area contributed by atoms with E-state index in [2.05, 4.69) is 53.2 Å². The van der Waals surface area contributed by atoms with Gasteiger partial charge in [0.2, 0.25) is 59.1 Å². The van der Waals surface area contributed by atoms with Gasteiger partial charge in [-0.15, -0.1) is 0 Å². The van der Waals surface area contributed by atoms with Crippen LogP contribution in [0.5, 0.6) is 0 Å². The van der Waals surface area contributed by atoms with Crippen molar-refractivity contribution in [3.8, 4) is 0 Å². The first-order chi connectivity index (χ1) is 40.9. The number of hydrogen-bond acceptors (Lipinski definition) is 14. The largest absolute Gasteiger partial charge is 0.343 e. The van der Waals surface area contributed by atoms with E-state index in [1.54, 1.807) is 88.4 Å². The minimum absolute atomic E-state index is 0.0375. The molecule has 0 aromatic heterocycles. The molecule has 0 bridgehead atoms. The Kier molecular flexibility index (Phi) is 33.1. The second-order valence-corrected chi connectivity index (χ2v) is 24.0. The molecule has 18 N–H and O–H groups in total. The summed E-state index contributed by atoms with van der Waals surface area (Å²) in [7, 11) is 0. The Morgan fingerprint density at radius 3 is 0.837 bits per heavy atom. The lowest BCUT2D eigenvalue weighted by Crippen LogP contribution is -2.62. The summed E-state index contributed by atoms with van der Waals surface area (Å²) < 4.78 is 0. The zero-order valence-corrected chi connectivity index (χ0v) is 52.0. The van der Waals surface area contributed by atoms with Crippen molar-refractivity contribution in [2.75, 3.05) is 26.2 Å². The van der Waals surface area contributed by atoms with E-state index in [9.17, 15) is 47.9 Å². The molecule has 1 aliphatic rings. The standard InChI is InChI=1S/C62H102N14O10/c1-37(2)33-47-57(81)73-49(35-41-21-11-9-12-22-41)59(83)67-43(25-15-17-29-63)55(79)76-52(40(7)8)62(86)70-46(28-20-32-66)54(78)72-48(34-38(3)4)58(82)74-50(36-42-23-13-10-14-24-42)60(84)68-44(26-16-18-30-64)56(80)75-51(39(5)6)61(85)69-45(27-19-31-65)53(77)71-47/h9-14,21-24,37-40,43-52H,15-20,25-36,63-66H2,1-8H3,(H,67,83)(H,68,84)(H,69,85)(H,70,86)(H,71,77)(H,72,78)(H,73,81)(H,74,82)(H,75,80)(H,76,79)/t43-,44-,45-,46+,47-,48-,49+,50+,51-,52-/m0/s1. The van der Waals surface area contributed by atoms with Gasteiger partial charge in [0.05, 0.1) is 0 Å². The van der Waals surface area contributed by atoms with Crippen LogP contribution < -0.4 is 76.1 Å². The van der Waals surface area contributed by atoms with E-state index in [1.165, 1.54) is 0 Å². The summed E-state index contributed by atoms with van der Waals surface area (Å²) in [4.78, 5) is 146. The van der Waals surface area contributed by atoms with Crippen LogP contribution in [0.15, 0.2) is 60.7 Å². The molecule has 1 saturated heterocycles. The highest BCUT2D eigenvalue weighted by molar-refractivity contribution is 5.99. The van der Waals surface area contributed by atoms with Crippen LogP contribution in [0.25, 0.3) is 0 Å². The molecule has 10 atom stereocenters. The SMILES string of the molecule is CC(C)C[C@@H]1NC(=O)[C@H](CCCN)NC(=O)[C@H](C(C)C)NC(=O)[C@H](CCCCN)NC(=O)[C@@H](Cc2ccccc2)NC(=O)[C@H](CC(C)C)NC(=O)[C@@H](CCCN)NC(=O)[C@H](C(C)C)NC(=O)[C@H](CCCCN)NC(=O)[C@@H](Cc2ccccc2)NC1=O. The minimum atomic E-state index is -1.31. The Morgan fingerprint density at radius 1 is 0.302 bits per heavy atom. The van der Waals surface area contributed by atoms with Gasteiger partial charge in [-0.2, -0.15) is 0 Å². The van der Waals surface area contributed by atoms with Gasteiger partial charge < -0.3 is 76.1 Å². The van der Waals surface area contributed by atoms with Crippen LogP contribution in [0, 0.1) is 23.7 Å². The molecule has 1 aliphatic heterocycles. The van der Waals surface area contributed by atoms with Crippen molar-refractivity contribution in [2.45, 2.75) is 206 Å². The molecule has 10 amide bonds. The lowest BCUT2D eigenvalue weighted by Gasteiger charge is -2.30. The number of hydrogen-bond donors (Lipinski definition) is 14. The first kappa shape index (κ1) is 73.2. The highest BCUT2D eigenvalue weighted by atomic mass is 16.2. The average molecular weight is 1200 g/mol. The van der Waals surface area contributed by atoms with Crippen LogP contribution in [-0.4, -0.2) is 146 Å². The first-order valence-electron chi connectivity index (χ1n) is 30.8. The van der Waals surface area contributed by atoms with Gasteiger partial charge in [-0.1, -0.05) is 116 Å². The third kappa shape index (κ3) is 25.9. The summed E-state index contributed by atoms with van der Waals surface area (Å²) in [5, 5.41) is 28.1. The predicted octanol–water partition coefficient (Wildman–Crippen LogP) is 0.473. The van der Waals surface area contributed by atoms with Crippen molar-refractivity contribution in [3.05, 3.63) is 71.8 Å². The molecule has 24 heteroatoms. The third-order valence-electron chi connectivity index (χ3n) is 14.8. The van der Waals surface area contributed by atoms with Crippen LogP contribution in [0.1, 0.15) is 144 Å². The summed E-state index contributed by atoms with van der Waals surface area (Å²) in [6.07, 6.45) is 2.66. The zero-order valence-electron chi connectivity index (χ0n) is 52.0. The molecule has 0 radical (unpaired) electrons. The summed E-state index contributed by atoms with van der Waals surface area (Å²) >= 11 is 0. The number of unbranched alkanes of at least 4 members (excludes halogenated alkanes) is 2. The Labute approximate surface area is 508 Å². The molecule has 1 fully saturated rings. The molecule has 0 aliphatic carbocycles. The fraction of sp³-hybridized carbons (Fsp3) is 0.645. The van der Waals surface area contributed by atoms with Crippen LogP contribution in [0.4, 0.5) is 0 Å². The van der Waals surface area contributed by atoms with Crippen LogP contribution in [0.3, 0.4) is 0 Å². The fourth-order valence-corrected chi connectivity index (χ4v) is 9.96. The van der Waals surface area contributed by atoms with Crippen molar-refractivity contribution in [1.82, 2.24) is 53.2 Å². The van der Waals surface area contributed by atoms with E-state index < -0.39 is 131 Å². The second kappa shape index (κ2) is 38.9. The number of benzene rings is 2. The quantitative estimate of drug-likeness (QED) is 0.0636. The normalized spacial score (nSPS) is 24.4. The summed E-state index contributed by atoms with van der Waals surface area (Å²) in [6.45, 7) is 15.0. The molecular formula is C62H102N14O10. The highest BCUT2D eigenvalue weighted by Crippen LogP contribution is 2.16. The number of nitrogens with one attached hydrogen (secondary N) is 10. The highest BCUT2D eigenvalue weighted by Gasteiger charge is 2.38. The monoisotopic (exact) mass is 1200 g/mol. The number of amides is 10. The lowest BCUT2D eigenvalue weighted by molar-refractivity contribution is -0.137. The maximum atomic E-state index is 14.7. The molecule has 0 unspecified atom stereocenters. The Balaban J connectivity index is 2.29. The van der Waals surface area contributed by atoms with Gasteiger partial charge in [0.15, 0.2) is 0 Å². The Hall–Kier alpha value is -7.02. The predicted molar refractivity (Wildman–Crippen MR) is 331 cm³/mol. The van der Waals surface area contributed by atoms with Gasteiger partial charge in [-0.25, -0.2) is 0 Å². The molecule has 2 aromatic rings. The molecule has 86 heavy (non-hydrogen) atoms. The van der Waals surface area contributed by atoms with Gasteiger partial charge in [0.25, 0.3) is 0 Å². The smallest absolute Gasteiger partial charge is 0.243 e. The van der Waals surface area contributed by atoms with E-state index in [1.807, 2.05) is 27.7 Å². The van der Waals surface area contributed by atoms with Gasteiger partial charge >= 0.3 is 0 Å². The lowest BCUT2D eigenvalue weighted by atomic mass is 9.98. The van der Waals surface area contributed by atoms with E-state index in [0.717, 1.165) is 0 Å². The Bertz CT molecular complexity index is 2300. The fourth-order valence-electron chi connectivity index (χ4n) is 9.96. The van der Waals surface area contributed by atoms with Crippen molar-refractivity contribution >= 4 is 59.1 Å². The topological polar surface area (TPSA) is 395 Å². The molecular weight excluding hydrogens is 1100 g/mol. The summed E-state index contributed by atoms with van der Waals surface area (Å²) in [6, 6.07) is 5.08. The molecule has 3 rings (SSSR count). The summed E-state index contributed by atoms with van der Waals surface area (Å²) in [5.41, 5.74) is 24.9. The van der Waals surface area contributed by atoms with E-state index in [0.29, 0.717) is 36.8 Å². The van der Waals surface area contributed by atoms with E-state index in [-0.39, 0.29) is 102 Å². The van der Waals surface area contributed by atoms with Crippen molar-refractivity contribution < 1.29 is 47.9 Å². The maximum Gasteiger partial charge on any atom is 0.243 e. The van der Waals surface area contributed by atoms with Crippen molar-refractivity contribution in [1.29, 1.82) is 0 Å². The van der Waals surface area contributed by atoms with Gasteiger partial charge in [0.1, 0.15) is 60.4 Å². The maximum absolute atomic E-state index is 14.7. The van der Waals surface area contributed by atoms with Crippen LogP contribution >= 0.6 is 0 Å². The van der Waals surface area contributed by atoms with Gasteiger partial charge in [0, 0.05) is 12.8 Å². The van der Waals surface area contributed by atoms with Crippen LogP contribution in [-0.2, 0) is 60.8 Å². The summed E-state index contributed by atoms with van der Waals surface area (Å²) in [5.74, 6) is -8.80. The van der Waals surface area contributed by atoms with E-state index >= 15 is 0 Å². The zero-order chi connectivity index (χ0) is 63.9. The number of nitrogens with two attached hydrogens (primary N) is 4. The van der Waals surface area contributed by atoms with Crippen LogP contribution in [0.2, 0.25) is 0 Å². The third-order valence-corrected chi connectivity index (χ3v) is 14.8. The molecule has 24 nitrogen and oxygen atoms in total.